The molecule has 0 spiro atoms. The Balaban J connectivity index is 2.91. The van der Waals surface area contributed by atoms with Gasteiger partial charge in [0, 0.05) is 12.5 Å². The number of phenolic OH excluding ortho intramolecular Hbond substituents is 2. The fourth-order valence-electron chi connectivity index (χ4n) is 2.34. The molecule has 0 aliphatic heterocycles. The minimum absolute atomic E-state index is 0.113. The summed E-state index contributed by atoms with van der Waals surface area (Å²) < 4.78 is 4.86. The average Bonchev–Trinajstić information content (AvgIpc) is 2.43. The monoisotopic (exact) mass is 308 g/mol. The molecule has 0 amide bonds. The second-order valence-electron chi connectivity index (χ2n) is 5.21. The summed E-state index contributed by atoms with van der Waals surface area (Å²) in [5, 5.41) is 19.5. The van der Waals surface area contributed by atoms with E-state index in [4.69, 9.17) is 4.74 Å². The molecular weight excluding hydrogens is 284 g/mol. The number of aromatic hydroxyl groups is 2. The lowest BCUT2D eigenvalue weighted by Gasteiger charge is -2.11. The van der Waals surface area contributed by atoms with Crippen molar-refractivity contribution in [2.24, 2.45) is 0 Å². The number of rotatable bonds is 9. The first-order valence-corrected chi connectivity index (χ1v) is 7.73. The van der Waals surface area contributed by atoms with E-state index in [0.29, 0.717) is 12.0 Å². The van der Waals surface area contributed by atoms with Gasteiger partial charge >= 0.3 is 5.97 Å². The summed E-state index contributed by atoms with van der Waals surface area (Å²) in [6.07, 6.45) is 4.00. The number of hydrogen-bond donors (Lipinski definition) is 2. The van der Waals surface area contributed by atoms with E-state index < -0.39 is 5.97 Å². The average molecular weight is 308 g/mol. The van der Waals surface area contributed by atoms with Crippen molar-refractivity contribution in [2.75, 3.05) is 6.61 Å². The highest BCUT2D eigenvalue weighted by molar-refractivity contribution is 6.01. The van der Waals surface area contributed by atoms with E-state index in [2.05, 4.69) is 6.92 Å². The lowest BCUT2D eigenvalue weighted by Crippen LogP contribution is -2.12. The first-order valence-electron chi connectivity index (χ1n) is 7.73. The van der Waals surface area contributed by atoms with Crippen molar-refractivity contribution in [3.8, 4) is 11.5 Å². The quantitative estimate of drug-likeness (QED) is 0.415. The molecule has 0 heterocycles. The van der Waals surface area contributed by atoms with Crippen LogP contribution >= 0.6 is 0 Å². The van der Waals surface area contributed by atoms with Crippen LogP contribution in [0.3, 0.4) is 0 Å². The minimum atomic E-state index is -0.493. The Bertz CT molecular complexity index is 522. The fraction of sp³-hybridized carbons (Fsp3) is 0.529. The number of Topliss-reactive ketones (excluding diaryl/α,β-unsaturated/α-hetero) is 1. The van der Waals surface area contributed by atoms with Gasteiger partial charge in [-0.05, 0) is 25.0 Å². The van der Waals surface area contributed by atoms with Crippen molar-refractivity contribution in [1.29, 1.82) is 0 Å². The topological polar surface area (TPSA) is 83.8 Å². The van der Waals surface area contributed by atoms with Crippen LogP contribution in [0.5, 0.6) is 11.5 Å². The number of esters is 1. The molecule has 0 aliphatic rings. The molecule has 1 aromatic carbocycles. The Kier molecular flexibility index (Phi) is 7.43. The molecule has 0 saturated carbocycles. The van der Waals surface area contributed by atoms with Gasteiger partial charge in [-0.2, -0.15) is 0 Å². The normalized spacial score (nSPS) is 10.5. The SMILES string of the molecule is CCCCCCC(=O)c1c(O)cc(O)cc1CC(=O)OCC. The molecule has 0 fully saturated rings. The maximum atomic E-state index is 12.3. The summed E-state index contributed by atoms with van der Waals surface area (Å²) in [4.78, 5) is 23.9. The zero-order valence-electron chi connectivity index (χ0n) is 13.2. The van der Waals surface area contributed by atoms with Gasteiger partial charge in [-0.25, -0.2) is 0 Å². The van der Waals surface area contributed by atoms with Gasteiger partial charge in [0.25, 0.3) is 0 Å². The third-order valence-corrected chi connectivity index (χ3v) is 3.36. The van der Waals surface area contributed by atoms with Gasteiger partial charge in [-0.1, -0.05) is 26.2 Å². The standard InChI is InChI=1S/C17H24O5/c1-3-5-6-7-8-14(19)17-12(10-16(21)22-4-2)9-13(18)11-15(17)20/h9,11,18,20H,3-8,10H2,1-2H3. The summed E-state index contributed by atoms with van der Waals surface area (Å²) in [5.41, 5.74) is 0.416. The number of unbranched alkanes of at least 4 members (excludes halogenated alkanes) is 3. The number of benzene rings is 1. The third kappa shape index (κ3) is 5.39. The van der Waals surface area contributed by atoms with Crippen molar-refractivity contribution in [2.45, 2.75) is 52.4 Å². The molecule has 0 bridgehead atoms. The number of phenols is 2. The highest BCUT2D eigenvalue weighted by atomic mass is 16.5. The van der Waals surface area contributed by atoms with Crippen LogP contribution in [-0.2, 0) is 16.0 Å². The van der Waals surface area contributed by atoms with Crippen LogP contribution in [-0.4, -0.2) is 28.6 Å². The molecule has 5 heteroatoms. The van der Waals surface area contributed by atoms with Crippen molar-refractivity contribution in [3.63, 3.8) is 0 Å². The summed E-state index contributed by atoms with van der Waals surface area (Å²) in [6.45, 7) is 4.02. The van der Waals surface area contributed by atoms with Gasteiger partial charge in [-0.15, -0.1) is 0 Å². The Hall–Kier alpha value is -2.04. The molecule has 0 aliphatic carbocycles. The Labute approximate surface area is 130 Å². The van der Waals surface area contributed by atoms with Crippen molar-refractivity contribution >= 4 is 11.8 Å². The predicted molar refractivity (Wildman–Crippen MR) is 83.2 cm³/mol. The van der Waals surface area contributed by atoms with Crippen LogP contribution in [0, 0.1) is 0 Å². The number of ketones is 1. The van der Waals surface area contributed by atoms with E-state index in [1.54, 1.807) is 6.92 Å². The lowest BCUT2D eigenvalue weighted by molar-refractivity contribution is -0.142. The molecule has 0 atom stereocenters. The molecule has 1 rings (SSSR count). The van der Waals surface area contributed by atoms with Crippen molar-refractivity contribution in [1.82, 2.24) is 0 Å². The smallest absolute Gasteiger partial charge is 0.310 e. The summed E-state index contributed by atoms with van der Waals surface area (Å²) in [5.74, 6) is -1.18. The number of ether oxygens (including phenoxy) is 1. The molecular formula is C17H24O5. The molecule has 22 heavy (non-hydrogen) atoms. The van der Waals surface area contributed by atoms with Crippen molar-refractivity contribution < 1.29 is 24.5 Å². The van der Waals surface area contributed by atoms with Crippen LogP contribution < -0.4 is 0 Å². The molecule has 0 radical (unpaired) electrons. The maximum Gasteiger partial charge on any atom is 0.310 e. The van der Waals surface area contributed by atoms with E-state index in [1.165, 1.54) is 6.07 Å². The first kappa shape index (κ1) is 18.0. The minimum Gasteiger partial charge on any atom is -0.508 e. The first-order chi connectivity index (χ1) is 10.5. The van der Waals surface area contributed by atoms with Crippen LogP contribution in [0.1, 0.15) is 61.9 Å². The van der Waals surface area contributed by atoms with Crippen LogP contribution in [0.25, 0.3) is 0 Å². The van der Waals surface area contributed by atoms with E-state index in [1.807, 2.05) is 0 Å². The van der Waals surface area contributed by atoms with Crippen molar-refractivity contribution in [3.05, 3.63) is 23.3 Å². The highest BCUT2D eigenvalue weighted by Crippen LogP contribution is 2.29. The highest BCUT2D eigenvalue weighted by Gasteiger charge is 2.19. The molecule has 0 saturated heterocycles. The predicted octanol–water partition coefficient (Wildman–Crippen LogP) is 3.36. The summed E-state index contributed by atoms with van der Waals surface area (Å²) >= 11 is 0. The molecule has 2 N–H and O–H groups in total. The lowest BCUT2D eigenvalue weighted by atomic mass is 9.96. The summed E-state index contributed by atoms with van der Waals surface area (Å²) in [7, 11) is 0. The van der Waals surface area contributed by atoms with Gasteiger partial charge in [0.1, 0.15) is 11.5 Å². The molecule has 122 valence electrons. The maximum absolute atomic E-state index is 12.3. The number of carbonyl (C=O) groups excluding carboxylic acids is 2. The fourth-order valence-corrected chi connectivity index (χ4v) is 2.34. The van der Waals surface area contributed by atoms with Gasteiger partial charge in [-0.3, -0.25) is 9.59 Å². The van der Waals surface area contributed by atoms with Gasteiger partial charge in [0.15, 0.2) is 5.78 Å². The summed E-state index contributed by atoms with van der Waals surface area (Å²) in [6, 6.07) is 2.45. The molecule has 0 unspecified atom stereocenters. The van der Waals surface area contributed by atoms with Crippen LogP contribution in [0.4, 0.5) is 0 Å². The second-order valence-corrected chi connectivity index (χ2v) is 5.21. The largest absolute Gasteiger partial charge is 0.508 e. The zero-order chi connectivity index (χ0) is 16.5. The van der Waals surface area contributed by atoms with E-state index in [0.717, 1.165) is 31.7 Å². The van der Waals surface area contributed by atoms with Crippen LogP contribution in [0.15, 0.2) is 12.1 Å². The molecule has 1 aromatic rings. The second kappa shape index (κ2) is 9.07. The van der Waals surface area contributed by atoms with Gasteiger partial charge < -0.3 is 14.9 Å². The Morgan fingerprint density at radius 3 is 2.45 bits per heavy atom. The van der Waals surface area contributed by atoms with Gasteiger partial charge in [0.2, 0.25) is 0 Å². The Morgan fingerprint density at radius 1 is 1.09 bits per heavy atom. The number of carbonyl (C=O) groups is 2. The van der Waals surface area contributed by atoms with E-state index >= 15 is 0 Å². The van der Waals surface area contributed by atoms with E-state index in [9.17, 15) is 19.8 Å². The molecule has 0 aromatic heterocycles. The zero-order valence-corrected chi connectivity index (χ0v) is 13.2. The van der Waals surface area contributed by atoms with E-state index in [-0.39, 0.29) is 35.9 Å². The molecule has 5 nitrogen and oxygen atoms in total. The number of hydrogen-bond acceptors (Lipinski definition) is 5. The van der Waals surface area contributed by atoms with Gasteiger partial charge in [0.05, 0.1) is 18.6 Å². The Morgan fingerprint density at radius 2 is 1.82 bits per heavy atom. The third-order valence-electron chi connectivity index (χ3n) is 3.36. The van der Waals surface area contributed by atoms with Crippen LogP contribution in [0.2, 0.25) is 0 Å².